The van der Waals surface area contributed by atoms with Crippen LogP contribution in [0, 0.1) is 0 Å². The van der Waals surface area contributed by atoms with Crippen LogP contribution in [0.3, 0.4) is 0 Å². The molecule has 7 nitrogen and oxygen atoms in total. The predicted octanol–water partition coefficient (Wildman–Crippen LogP) is 4.55. The first-order valence-corrected chi connectivity index (χ1v) is 13.4. The summed E-state index contributed by atoms with van der Waals surface area (Å²) in [6, 6.07) is 16.9. The SMILES string of the molecule is CCOC(=O)[C@H](Cc1c[nH]c2ccccc12)NC(=O)[C@@H]1CCCN1C(=O)CCCCCc1ccccc1. The van der Waals surface area contributed by atoms with E-state index in [9.17, 15) is 14.4 Å². The standard InChI is InChI=1S/C30H37N3O4/c1-2-37-30(36)26(20-23-21-31-25-16-10-9-15-24(23)25)32-29(35)27-17-11-19-33(27)28(34)18-8-4-7-14-22-12-5-3-6-13-22/h3,5-6,9-10,12-13,15-16,21,26-27,31H,2,4,7-8,11,14,17-20H2,1H3,(H,32,35)/t26-,27-/m0/s1. The lowest BCUT2D eigenvalue weighted by molar-refractivity contribution is -0.148. The number of rotatable bonds is 12. The molecule has 2 atom stereocenters. The van der Waals surface area contributed by atoms with E-state index in [-0.39, 0.29) is 18.4 Å². The van der Waals surface area contributed by atoms with E-state index in [1.807, 2.05) is 48.7 Å². The summed E-state index contributed by atoms with van der Waals surface area (Å²) in [4.78, 5) is 43.9. The number of ether oxygens (including phenoxy) is 1. The van der Waals surface area contributed by atoms with Crippen LogP contribution in [0.5, 0.6) is 0 Å². The molecule has 3 aromatic rings. The molecule has 0 radical (unpaired) electrons. The molecule has 1 aromatic heterocycles. The lowest BCUT2D eigenvalue weighted by Crippen LogP contribution is -2.51. The molecule has 1 saturated heterocycles. The van der Waals surface area contributed by atoms with Gasteiger partial charge in [-0.25, -0.2) is 4.79 Å². The summed E-state index contributed by atoms with van der Waals surface area (Å²) >= 11 is 0. The van der Waals surface area contributed by atoms with Gasteiger partial charge >= 0.3 is 5.97 Å². The molecule has 0 unspecified atom stereocenters. The largest absolute Gasteiger partial charge is 0.464 e. The second-order valence-electron chi connectivity index (χ2n) is 9.67. The maximum absolute atomic E-state index is 13.3. The Kier molecular flexibility index (Phi) is 9.35. The van der Waals surface area contributed by atoms with Crippen molar-refractivity contribution in [3.8, 4) is 0 Å². The highest BCUT2D eigenvalue weighted by molar-refractivity contribution is 5.92. The van der Waals surface area contributed by atoms with Gasteiger partial charge in [-0.3, -0.25) is 9.59 Å². The molecule has 0 saturated carbocycles. The van der Waals surface area contributed by atoms with E-state index in [4.69, 9.17) is 4.74 Å². The topological polar surface area (TPSA) is 91.5 Å². The molecule has 1 fully saturated rings. The molecular weight excluding hydrogens is 466 g/mol. The molecule has 37 heavy (non-hydrogen) atoms. The maximum Gasteiger partial charge on any atom is 0.328 e. The van der Waals surface area contributed by atoms with Gasteiger partial charge in [-0.05, 0) is 56.2 Å². The molecule has 2 heterocycles. The van der Waals surface area contributed by atoms with Gasteiger partial charge in [0.05, 0.1) is 6.61 Å². The number of benzene rings is 2. The number of hydrogen-bond donors (Lipinski definition) is 2. The minimum atomic E-state index is -0.817. The van der Waals surface area contributed by atoms with Crippen molar-refractivity contribution >= 4 is 28.7 Å². The van der Waals surface area contributed by atoms with Crippen LogP contribution in [0.1, 0.15) is 56.6 Å². The van der Waals surface area contributed by atoms with Crippen molar-refractivity contribution in [2.45, 2.75) is 70.4 Å². The third-order valence-electron chi connectivity index (χ3n) is 7.06. The molecule has 196 valence electrons. The lowest BCUT2D eigenvalue weighted by Gasteiger charge is -2.26. The second-order valence-corrected chi connectivity index (χ2v) is 9.67. The van der Waals surface area contributed by atoms with Crippen molar-refractivity contribution in [2.24, 2.45) is 0 Å². The van der Waals surface area contributed by atoms with E-state index in [0.29, 0.717) is 25.8 Å². The van der Waals surface area contributed by atoms with Crippen molar-refractivity contribution < 1.29 is 19.1 Å². The summed E-state index contributed by atoms with van der Waals surface area (Å²) in [5.41, 5.74) is 3.22. The number of hydrogen-bond acceptors (Lipinski definition) is 4. The number of unbranched alkanes of at least 4 members (excludes halogenated alkanes) is 2. The highest BCUT2D eigenvalue weighted by Crippen LogP contribution is 2.22. The number of nitrogens with zero attached hydrogens (tertiary/aromatic N) is 1. The summed E-state index contributed by atoms with van der Waals surface area (Å²) in [7, 11) is 0. The molecule has 1 aliphatic rings. The first-order valence-electron chi connectivity index (χ1n) is 13.4. The fraction of sp³-hybridized carbons (Fsp3) is 0.433. The molecule has 7 heteroatoms. The average Bonchev–Trinajstić information content (AvgIpc) is 3.57. The monoisotopic (exact) mass is 503 g/mol. The molecule has 0 aliphatic carbocycles. The van der Waals surface area contributed by atoms with Crippen molar-refractivity contribution in [3.63, 3.8) is 0 Å². The van der Waals surface area contributed by atoms with E-state index in [1.165, 1.54) is 5.56 Å². The normalized spacial score (nSPS) is 16.0. The van der Waals surface area contributed by atoms with Crippen LogP contribution in [0.15, 0.2) is 60.8 Å². The van der Waals surface area contributed by atoms with Gasteiger partial charge in [-0.2, -0.15) is 0 Å². The first-order chi connectivity index (χ1) is 18.1. The molecule has 2 amide bonds. The summed E-state index contributed by atoms with van der Waals surface area (Å²) in [6.45, 7) is 2.56. The number of carbonyl (C=O) groups is 3. The molecule has 1 aliphatic heterocycles. The number of carbonyl (C=O) groups excluding carboxylic acids is 3. The zero-order valence-electron chi connectivity index (χ0n) is 21.6. The zero-order valence-corrected chi connectivity index (χ0v) is 21.6. The van der Waals surface area contributed by atoms with Crippen LogP contribution >= 0.6 is 0 Å². The molecule has 4 rings (SSSR count). The summed E-state index contributed by atoms with van der Waals surface area (Å²) in [5, 5.41) is 3.91. The van der Waals surface area contributed by atoms with Crippen LogP contribution in [0.2, 0.25) is 0 Å². The Morgan fingerprint density at radius 3 is 2.65 bits per heavy atom. The number of aromatic amines is 1. The number of fused-ring (bicyclic) bond motifs is 1. The Balaban J connectivity index is 1.32. The third kappa shape index (κ3) is 7.00. The van der Waals surface area contributed by atoms with E-state index in [0.717, 1.165) is 48.6 Å². The minimum Gasteiger partial charge on any atom is -0.464 e. The summed E-state index contributed by atoms with van der Waals surface area (Å²) < 4.78 is 5.27. The summed E-state index contributed by atoms with van der Waals surface area (Å²) in [6.07, 6.45) is 7.84. The van der Waals surface area contributed by atoms with E-state index in [1.54, 1.807) is 11.8 Å². The number of H-pyrrole nitrogens is 1. The van der Waals surface area contributed by atoms with Gasteiger partial charge in [-0.1, -0.05) is 55.0 Å². The quantitative estimate of drug-likeness (QED) is 0.280. The van der Waals surface area contributed by atoms with Gasteiger partial charge in [0.25, 0.3) is 0 Å². The molecule has 2 aromatic carbocycles. The fourth-order valence-corrected chi connectivity index (χ4v) is 5.13. The van der Waals surface area contributed by atoms with Gasteiger partial charge in [-0.15, -0.1) is 0 Å². The van der Waals surface area contributed by atoms with Gasteiger partial charge < -0.3 is 19.9 Å². The Bertz CT molecular complexity index is 1190. The van der Waals surface area contributed by atoms with Gasteiger partial charge in [0, 0.05) is 36.5 Å². The Morgan fingerprint density at radius 2 is 1.84 bits per heavy atom. The van der Waals surface area contributed by atoms with Crippen molar-refractivity contribution in [1.82, 2.24) is 15.2 Å². The number of amides is 2. The van der Waals surface area contributed by atoms with Crippen LogP contribution in [0.4, 0.5) is 0 Å². The highest BCUT2D eigenvalue weighted by atomic mass is 16.5. The smallest absolute Gasteiger partial charge is 0.328 e. The third-order valence-corrected chi connectivity index (χ3v) is 7.06. The van der Waals surface area contributed by atoms with Crippen LogP contribution < -0.4 is 5.32 Å². The van der Waals surface area contributed by atoms with E-state index >= 15 is 0 Å². The minimum absolute atomic E-state index is 0.0154. The van der Waals surface area contributed by atoms with E-state index < -0.39 is 18.1 Å². The number of likely N-dealkylation sites (tertiary alicyclic amines) is 1. The Hall–Kier alpha value is -3.61. The van der Waals surface area contributed by atoms with E-state index in [2.05, 4.69) is 22.4 Å². The van der Waals surface area contributed by atoms with Crippen LogP contribution in [-0.2, 0) is 32.0 Å². The fourth-order valence-electron chi connectivity index (χ4n) is 5.13. The van der Waals surface area contributed by atoms with Crippen LogP contribution in [-0.4, -0.2) is 52.9 Å². The van der Waals surface area contributed by atoms with Crippen molar-refractivity contribution in [2.75, 3.05) is 13.2 Å². The number of esters is 1. The number of nitrogens with one attached hydrogen (secondary N) is 2. The number of aromatic nitrogens is 1. The maximum atomic E-state index is 13.3. The lowest BCUT2D eigenvalue weighted by atomic mass is 10.0. The van der Waals surface area contributed by atoms with Crippen LogP contribution in [0.25, 0.3) is 10.9 Å². The van der Waals surface area contributed by atoms with Crippen molar-refractivity contribution in [3.05, 3.63) is 71.9 Å². The highest BCUT2D eigenvalue weighted by Gasteiger charge is 2.36. The number of aryl methyl sites for hydroxylation is 1. The average molecular weight is 504 g/mol. The Morgan fingerprint density at radius 1 is 1.05 bits per heavy atom. The van der Waals surface area contributed by atoms with Crippen molar-refractivity contribution in [1.29, 1.82) is 0 Å². The van der Waals surface area contributed by atoms with Gasteiger partial charge in [0.15, 0.2) is 0 Å². The molecule has 0 bridgehead atoms. The van der Waals surface area contributed by atoms with Gasteiger partial charge in [0.2, 0.25) is 11.8 Å². The Labute approximate surface area is 218 Å². The molecular formula is C30H37N3O4. The predicted molar refractivity (Wildman–Crippen MR) is 144 cm³/mol. The van der Waals surface area contributed by atoms with Gasteiger partial charge in [0.1, 0.15) is 12.1 Å². The summed E-state index contributed by atoms with van der Waals surface area (Å²) in [5.74, 6) is -0.732. The molecule has 2 N–H and O–H groups in total. The number of para-hydroxylation sites is 1. The second kappa shape index (κ2) is 13.1. The molecule has 0 spiro atoms. The zero-order chi connectivity index (χ0) is 26.0. The first kappa shape index (κ1) is 26.5.